The highest BCUT2D eigenvalue weighted by atomic mass is 79.9. The fraction of sp³-hybridized carbons (Fsp3) is 0.444. The van der Waals surface area contributed by atoms with Gasteiger partial charge in [0.2, 0.25) is 10.0 Å². The average molecular weight is 308 g/mol. The first-order valence-corrected chi connectivity index (χ1v) is 7.00. The van der Waals surface area contributed by atoms with Gasteiger partial charge in [0.15, 0.2) is 0 Å². The molecular weight excluding hydrogens is 294 g/mol. The van der Waals surface area contributed by atoms with Crippen LogP contribution in [0.1, 0.15) is 13.8 Å². The van der Waals surface area contributed by atoms with Crippen LogP contribution in [0, 0.1) is 0 Å². The normalized spacial score (nSPS) is 11.8. The zero-order valence-electron chi connectivity index (χ0n) is 9.28. The lowest BCUT2D eigenvalue weighted by atomic mass is 10.4. The van der Waals surface area contributed by atoms with E-state index in [2.05, 4.69) is 31.0 Å². The van der Waals surface area contributed by atoms with Crippen molar-refractivity contribution in [2.45, 2.75) is 24.8 Å². The van der Waals surface area contributed by atoms with E-state index in [1.54, 1.807) is 27.1 Å². The summed E-state index contributed by atoms with van der Waals surface area (Å²) in [4.78, 5) is 4.13. The van der Waals surface area contributed by atoms with Crippen LogP contribution in [0.15, 0.2) is 21.6 Å². The maximum Gasteiger partial charge on any atom is 0.244 e. The maximum atomic E-state index is 12.0. The number of aromatic nitrogens is 1. The molecule has 0 bridgehead atoms. The van der Waals surface area contributed by atoms with Gasteiger partial charge in [0.25, 0.3) is 0 Å². The van der Waals surface area contributed by atoms with Crippen molar-refractivity contribution in [2.75, 3.05) is 12.4 Å². The van der Waals surface area contributed by atoms with Gasteiger partial charge >= 0.3 is 0 Å². The lowest BCUT2D eigenvalue weighted by Crippen LogP contribution is -2.30. The highest BCUT2D eigenvalue weighted by Crippen LogP contribution is 2.22. The van der Waals surface area contributed by atoms with Crippen molar-refractivity contribution in [1.82, 2.24) is 9.71 Å². The Labute approximate surface area is 104 Å². The van der Waals surface area contributed by atoms with Crippen LogP contribution in [0.5, 0.6) is 0 Å². The number of nitrogens with zero attached hydrogens (tertiary/aromatic N) is 1. The molecule has 0 fully saturated rings. The molecule has 0 radical (unpaired) electrons. The molecule has 0 aliphatic carbocycles. The van der Waals surface area contributed by atoms with Crippen LogP contribution in [0.3, 0.4) is 0 Å². The van der Waals surface area contributed by atoms with Crippen molar-refractivity contribution in [2.24, 2.45) is 0 Å². The molecule has 1 aromatic rings. The standard InChI is InChI=1S/C9H14BrN3O2S/c1-6(2)13-16(14,15)8-4-7(10)5-12-9(8)11-3/h4-6,13H,1-3H3,(H,11,12). The van der Waals surface area contributed by atoms with Crippen molar-refractivity contribution in [1.29, 1.82) is 0 Å². The summed E-state index contributed by atoms with van der Waals surface area (Å²) in [6.45, 7) is 3.53. The van der Waals surface area contributed by atoms with Crippen LogP contribution in [-0.2, 0) is 10.0 Å². The van der Waals surface area contributed by atoms with Crippen LogP contribution in [0.25, 0.3) is 0 Å². The van der Waals surface area contributed by atoms with Crippen molar-refractivity contribution in [3.05, 3.63) is 16.7 Å². The lowest BCUT2D eigenvalue weighted by Gasteiger charge is -2.12. The van der Waals surface area contributed by atoms with Gasteiger partial charge in [-0.25, -0.2) is 18.1 Å². The average Bonchev–Trinajstić information content (AvgIpc) is 2.15. The number of anilines is 1. The van der Waals surface area contributed by atoms with Gasteiger partial charge in [-0.3, -0.25) is 0 Å². The highest BCUT2D eigenvalue weighted by Gasteiger charge is 2.20. The Morgan fingerprint density at radius 3 is 2.56 bits per heavy atom. The minimum absolute atomic E-state index is 0.137. The van der Waals surface area contributed by atoms with Gasteiger partial charge in [-0.05, 0) is 35.8 Å². The van der Waals surface area contributed by atoms with Gasteiger partial charge in [0.1, 0.15) is 10.7 Å². The number of hydrogen-bond acceptors (Lipinski definition) is 4. The first-order chi connectivity index (χ1) is 7.36. The summed E-state index contributed by atoms with van der Waals surface area (Å²) in [5.41, 5.74) is 0. The van der Waals surface area contributed by atoms with Crippen LogP contribution < -0.4 is 10.0 Å². The molecule has 0 atom stereocenters. The molecule has 5 nitrogen and oxygen atoms in total. The summed E-state index contributed by atoms with van der Waals surface area (Å²) in [6.07, 6.45) is 1.54. The molecule has 2 N–H and O–H groups in total. The Morgan fingerprint density at radius 1 is 1.44 bits per heavy atom. The third-order valence-corrected chi connectivity index (χ3v) is 3.84. The molecule has 0 aromatic carbocycles. The molecule has 0 unspecified atom stereocenters. The molecule has 0 saturated carbocycles. The van der Waals surface area contributed by atoms with Crippen molar-refractivity contribution in [3.63, 3.8) is 0 Å². The van der Waals surface area contributed by atoms with E-state index in [0.717, 1.165) is 0 Å². The van der Waals surface area contributed by atoms with Crippen LogP contribution >= 0.6 is 15.9 Å². The van der Waals surface area contributed by atoms with Gasteiger partial charge in [-0.1, -0.05) is 0 Å². The summed E-state index contributed by atoms with van der Waals surface area (Å²) in [7, 11) is -1.90. The van der Waals surface area contributed by atoms with Crippen LogP contribution in [0.4, 0.5) is 5.82 Å². The SMILES string of the molecule is CNc1ncc(Br)cc1S(=O)(=O)NC(C)C. The Hall–Kier alpha value is -0.660. The summed E-state index contributed by atoms with van der Waals surface area (Å²) < 4.78 is 27.1. The summed E-state index contributed by atoms with van der Waals surface area (Å²) in [5, 5.41) is 2.75. The van der Waals surface area contributed by atoms with Crippen molar-refractivity contribution < 1.29 is 8.42 Å². The minimum atomic E-state index is -3.53. The Morgan fingerprint density at radius 2 is 2.06 bits per heavy atom. The van der Waals surface area contributed by atoms with E-state index in [9.17, 15) is 8.42 Å². The van der Waals surface area contributed by atoms with E-state index >= 15 is 0 Å². The Balaban J connectivity index is 3.25. The third-order valence-electron chi connectivity index (χ3n) is 1.74. The number of nitrogens with one attached hydrogen (secondary N) is 2. The molecule has 0 aliphatic heterocycles. The topological polar surface area (TPSA) is 71.1 Å². The molecule has 90 valence electrons. The fourth-order valence-electron chi connectivity index (χ4n) is 1.19. The van der Waals surface area contributed by atoms with Gasteiger partial charge in [0, 0.05) is 23.8 Å². The molecule has 16 heavy (non-hydrogen) atoms. The largest absolute Gasteiger partial charge is 0.372 e. The van der Waals surface area contributed by atoms with E-state index in [1.807, 2.05) is 0 Å². The van der Waals surface area contributed by atoms with Gasteiger partial charge in [0.05, 0.1) is 0 Å². The number of halogens is 1. The summed E-state index contributed by atoms with van der Waals surface area (Å²) >= 11 is 3.20. The predicted octanol–water partition coefficient (Wildman–Crippen LogP) is 1.57. The Bertz CT molecular complexity index is 474. The number of pyridine rings is 1. The predicted molar refractivity (Wildman–Crippen MR) is 66.9 cm³/mol. The summed E-state index contributed by atoms with van der Waals surface area (Å²) in [6, 6.07) is 1.36. The molecule has 0 amide bonds. The van der Waals surface area contributed by atoms with Crippen molar-refractivity contribution >= 4 is 31.8 Å². The Kier molecular flexibility index (Phi) is 4.28. The fourth-order valence-corrected chi connectivity index (χ4v) is 3.11. The first-order valence-electron chi connectivity index (χ1n) is 4.72. The van der Waals surface area contributed by atoms with Gasteiger partial charge in [-0.2, -0.15) is 0 Å². The van der Waals surface area contributed by atoms with Gasteiger partial charge < -0.3 is 5.32 Å². The van der Waals surface area contributed by atoms with E-state index in [-0.39, 0.29) is 10.9 Å². The van der Waals surface area contributed by atoms with E-state index in [4.69, 9.17) is 0 Å². The zero-order valence-corrected chi connectivity index (χ0v) is 11.7. The van der Waals surface area contributed by atoms with Crippen LogP contribution in [0.2, 0.25) is 0 Å². The second-order valence-electron chi connectivity index (χ2n) is 3.53. The first kappa shape index (κ1) is 13.4. The molecule has 0 spiro atoms. The quantitative estimate of drug-likeness (QED) is 0.886. The molecule has 1 heterocycles. The van der Waals surface area contributed by atoms with Gasteiger partial charge in [-0.15, -0.1) is 0 Å². The second-order valence-corrected chi connectivity index (χ2v) is 6.12. The second kappa shape index (κ2) is 5.11. The smallest absolute Gasteiger partial charge is 0.244 e. The molecule has 1 aromatic heterocycles. The lowest BCUT2D eigenvalue weighted by molar-refractivity contribution is 0.570. The number of hydrogen-bond donors (Lipinski definition) is 2. The maximum absolute atomic E-state index is 12.0. The summed E-state index contributed by atoms with van der Waals surface area (Å²) in [5.74, 6) is 0.330. The zero-order chi connectivity index (χ0) is 12.3. The molecule has 0 saturated heterocycles. The number of sulfonamides is 1. The molecule has 1 rings (SSSR count). The number of rotatable bonds is 4. The van der Waals surface area contributed by atoms with Crippen molar-refractivity contribution in [3.8, 4) is 0 Å². The molecule has 0 aliphatic rings. The minimum Gasteiger partial charge on any atom is -0.372 e. The van der Waals surface area contributed by atoms with E-state index in [0.29, 0.717) is 10.3 Å². The third kappa shape index (κ3) is 3.16. The molecule has 7 heteroatoms. The van der Waals surface area contributed by atoms with E-state index < -0.39 is 10.0 Å². The monoisotopic (exact) mass is 307 g/mol. The van der Waals surface area contributed by atoms with Crippen LogP contribution in [-0.4, -0.2) is 26.5 Å². The highest BCUT2D eigenvalue weighted by molar-refractivity contribution is 9.10. The molecular formula is C9H14BrN3O2S. The van der Waals surface area contributed by atoms with E-state index in [1.165, 1.54) is 6.07 Å².